The minimum atomic E-state index is -0.177. The van der Waals surface area contributed by atoms with Crippen LogP contribution in [-0.4, -0.2) is 43.3 Å². The highest BCUT2D eigenvalue weighted by Crippen LogP contribution is 2.42. The molecule has 0 aromatic carbocycles. The van der Waals surface area contributed by atoms with Gasteiger partial charge in [0, 0.05) is 26.1 Å². The van der Waals surface area contributed by atoms with Crippen LogP contribution in [0.4, 0.5) is 0 Å². The zero-order valence-electron chi connectivity index (χ0n) is 18.2. The highest BCUT2D eigenvalue weighted by Gasteiger charge is 2.35. The van der Waals surface area contributed by atoms with E-state index in [1.165, 1.54) is 37.8 Å². The molecule has 5 heteroatoms. The van der Waals surface area contributed by atoms with Gasteiger partial charge >= 0.3 is 5.97 Å². The van der Waals surface area contributed by atoms with Crippen molar-refractivity contribution in [3.8, 4) is 0 Å². The largest absolute Gasteiger partial charge is 0.465 e. The smallest absolute Gasteiger partial charge is 0.305 e. The molecule has 3 unspecified atom stereocenters. The first-order valence-electron chi connectivity index (χ1n) is 10.9. The number of amides is 1. The molecule has 0 bridgehead atoms. The molecule has 0 radical (unpaired) electrons. The van der Waals surface area contributed by atoms with Gasteiger partial charge in [-0.1, -0.05) is 40.0 Å². The van der Waals surface area contributed by atoms with E-state index in [9.17, 15) is 14.4 Å². The standard InChI is InChI=1S/C23H39NO4/c1-5-20(6-2)21-16-19(15-18(21)3)17-28-23(27)12-8-7-9-13-24(4)22(26)11-10-14-25/h10-11,14,18-21H,5-9,12-13,15-17H2,1-4H3/b11-10-. The molecule has 3 atom stereocenters. The first-order valence-corrected chi connectivity index (χ1v) is 10.9. The average molecular weight is 394 g/mol. The van der Waals surface area contributed by atoms with Gasteiger partial charge in [0.1, 0.15) is 6.29 Å². The van der Waals surface area contributed by atoms with E-state index in [2.05, 4.69) is 20.8 Å². The van der Waals surface area contributed by atoms with Crippen LogP contribution in [0.1, 0.15) is 72.1 Å². The van der Waals surface area contributed by atoms with Crippen molar-refractivity contribution in [2.75, 3.05) is 20.2 Å². The van der Waals surface area contributed by atoms with Crippen LogP contribution >= 0.6 is 0 Å². The van der Waals surface area contributed by atoms with Crippen molar-refractivity contribution in [1.82, 2.24) is 4.90 Å². The second-order valence-corrected chi connectivity index (χ2v) is 8.30. The summed E-state index contributed by atoms with van der Waals surface area (Å²) in [6.07, 6.45) is 10.8. The zero-order chi connectivity index (χ0) is 20.9. The molecule has 1 aliphatic carbocycles. The molecule has 0 N–H and O–H groups in total. The maximum Gasteiger partial charge on any atom is 0.305 e. The molecule has 1 rings (SSSR count). The average Bonchev–Trinajstić information content (AvgIpc) is 3.05. The van der Waals surface area contributed by atoms with Gasteiger partial charge in [0.05, 0.1) is 6.61 Å². The van der Waals surface area contributed by atoms with Gasteiger partial charge < -0.3 is 9.64 Å². The minimum Gasteiger partial charge on any atom is -0.465 e. The topological polar surface area (TPSA) is 63.7 Å². The van der Waals surface area contributed by atoms with Crippen LogP contribution in [0, 0.1) is 23.7 Å². The van der Waals surface area contributed by atoms with E-state index in [0.717, 1.165) is 37.0 Å². The first kappa shape index (κ1) is 24.4. The lowest BCUT2D eigenvalue weighted by molar-refractivity contribution is -0.145. The molecule has 28 heavy (non-hydrogen) atoms. The number of carbonyl (C=O) groups is 3. The Morgan fingerprint density at radius 1 is 1.14 bits per heavy atom. The predicted octanol–water partition coefficient (Wildman–Crippen LogP) is 4.40. The number of hydrogen-bond acceptors (Lipinski definition) is 4. The van der Waals surface area contributed by atoms with Crippen LogP contribution in [0.3, 0.4) is 0 Å². The van der Waals surface area contributed by atoms with E-state index in [1.54, 1.807) is 11.9 Å². The summed E-state index contributed by atoms with van der Waals surface area (Å²) in [5, 5.41) is 0. The lowest BCUT2D eigenvalue weighted by Gasteiger charge is -2.24. The van der Waals surface area contributed by atoms with E-state index in [1.807, 2.05) is 0 Å². The Hall–Kier alpha value is -1.65. The molecule has 1 aliphatic rings. The number of hydrogen-bond donors (Lipinski definition) is 0. The van der Waals surface area contributed by atoms with Gasteiger partial charge in [-0.05, 0) is 55.4 Å². The monoisotopic (exact) mass is 393 g/mol. The molecular formula is C23H39NO4. The van der Waals surface area contributed by atoms with Gasteiger partial charge in [-0.25, -0.2) is 0 Å². The fourth-order valence-electron chi connectivity index (χ4n) is 4.54. The number of carbonyl (C=O) groups excluding carboxylic acids is 3. The molecular weight excluding hydrogens is 354 g/mol. The van der Waals surface area contributed by atoms with Crippen molar-refractivity contribution < 1.29 is 19.1 Å². The van der Waals surface area contributed by atoms with Gasteiger partial charge in [-0.15, -0.1) is 0 Å². The van der Waals surface area contributed by atoms with E-state index >= 15 is 0 Å². The third-order valence-electron chi connectivity index (χ3n) is 6.24. The number of likely N-dealkylation sites (N-methyl/N-ethyl adjacent to an activating group) is 1. The Labute approximate surface area is 170 Å². The van der Waals surface area contributed by atoms with Crippen molar-refractivity contribution in [2.45, 2.75) is 72.1 Å². The summed E-state index contributed by atoms with van der Waals surface area (Å²) in [5.74, 6) is 2.55. The van der Waals surface area contributed by atoms with E-state index in [0.29, 0.717) is 31.8 Å². The summed E-state index contributed by atoms with van der Waals surface area (Å²) >= 11 is 0. The lowest BCUT2D eigenvalue weighted by atomic mass is 9.81. The summed E-state index contributed by atoms with van der Waals surface area (Å²) in [6.45, 7) is 8.10. The molecule has 0 spiro atoms. The van der Waals surface area contributed by atoms with Crippen LogP contribution in [0.2, 0.25) is 0 Å². The molecule has 0 saturated heterocycles. The summed E-state index contributed by atoms with van der Waals surface area (Å²) in [4.78, 5) is 35.4. The van der Waals surface area contributed by atoms with Crippen LogP contribution in [0.5, 0.6) is 0 Å². The molecule has 0 heterocycles. The summed E-state index contributed by atoms with van der Waals surface area (Å²) in [7, 11) is 1.71. The third-order valence-corrected chi connectivity index (χ3v) is 6.24. The quantitative estimate of drug-likeness (QED) is 0.201. The van der Waals surface area contributed by atoms with Gasteiger partial charge in [0.15, 0.2) is 0 Å². The fourth-order valence-corrected chi connectivity index (χ4v) is 4.54. The Bertz CT molecular complexity index is 513. The van der Waals surface area contributed by atoms with Crippen molar-refractivity contribution in [3.05, 3.63) is 12.2 Å². The number of nitrogens with zero attached hydrogens (tertiary/aromatic N) is 1. The molecule has 1 saturated carbocycles. The van der Waals surface area contributed by atoms with Crippen molar-refractivity contribution >= 4 is 18.2 Å². The lowest BCUT2D eigenvalue weighted by Crippen LogP contribution is -2.25. The van der Waals surface area contributed by atoms with E-state index in [4.69, 9.17) is 4.74 Å². The summed E-state index contributed by atoms with van der Waals surface area (Å²) < 4.78 is 5.53. The van der Waals surface area contributed by atoms with Gasteiger partial charge in [0.25, 0.3) is 0 Å². The van der Waals surface area contributed by atoms with Crippen LogP contribution in [0.15, 0.2) is 12.2 Å². The second-order valence-electron chi connectivity index (χ2n) is 8.30. The van der Waals surface area contributed by atoms with Gasteiger partial charge in [-0.2, -0.15) is 0 Å². The number of allylic oxidation sites excluding steroid dienone is 1. The SMILES string of the molecule is CCC(CC)C1CC(COC(=O)CCCCCN(C)C(=O)/C=C\C=O)CC1C. The Kier molecular flexibility index (Phi) is 11.8. The highest BCUT2D eigenvalue weighted by molar-refractivity contribution is 5.90. The van der Waals surface area contributed by atoms with E-state index < -0.39 is 0 Å². The minimum absolute atomic E-state index is 0.100. The normalized spacial score (nSPS) is 22.0. The number of unbranched alkanes of at least 4 members (excludes halogenated alkanes) is 2. The number of aldehydes is 1. The van der Waals surface area contributed by atoms with Crippen LogP contribution < -0.4 is 0 Å². The van der Waals surface area contributed by atoms with Crippen LogP contribution in [-0.2, 0) is 19.1 Å². The zero-order valence-corrected chi connectivity index (χ0v) is 18.2. The Morgan fingerprint density at radius 3 is 2.50 bits per heavy atom. The van der Waals surface area contributed by atoms with Crippen molar-refractivity contribution in [2.24, 2.45) is 23.7 Å². The van der Waals surface area contributed by atoms with Crippen LogP contribution in [0.25, 0.3) is 0 Å². The Balaban J connectivity index is 2.15. The predicted molar refractivity (Wildman–Crippen MR) is 112 cm³/mol. The molecule has 1 amide bonds. The molecule has 0 aliphatic heterocycles. The molecule has 0 aromatic heterocycles. The fraction of sp³-hybridized carbons (Fsp3) is 0.783. The number of esters is 1. The van der Waals surface area contributed by atoms with Crippen molar-refractivity contribution in [1.29, 1.82) is 0 Å². The van der Waals surface area contributed by atoms with E-state index in [-0.39, 0.29) is 11.9 Å². The van der Waals surface area contributed by atoms with Gasteiger partial charge in [-0.3, -0.25) is 14.4 Å². The van der Waals surface area contributed by atoms with Crippen molar-refractivity contribution in [3.63, 3.8) is 0 Å². The molecule has 1 fully saturated rings. The number of ether oxygens (including phenoxy) is 1. The molecule has 160 valence electrons. The Morgan fingerprint density at radius 2 is 1.86 bits per heavy atom. The van der Waals surface area contributed by atoms with Gasteiger partial charge in [0.2, 0.25) is 5.91 Å². The molecule has 5 nitrogen and oxygen atoms in total. The molecule has 0 aromatic rings. The summed E-state index contributed by atoms with van der Waals surface area (Å²) in [5.41, 5.74) is 0. The number of rotatable bonds is 13. The first-order chi connectivity index (χ1) is 13.4. The summed E-state index contributed by atoms with van der Waals surface area (Å²) in [6, 6.07) is 0. The maximum absolute atomic E-state index is 12.0. The second kappa shape index (κ2) is 13.5. The maximum atomic E-state index is 12.0. The third kappa shape index (κ3) is 8.57. The highest BCUT2D eigenvalue weighted by atomic mass is 16.5.